The van der Waals surface area contributed by atoms with Gasteiger partial charge in [0.1, 0.15) is 6.04 Å². The van der Waals surface area contributed by atoms with Gasteiger partial charge in [-0.25, -0.2) is 14.8 Å². The van der Waals surface area contributed by atoms with Gasteiger partial charge in [0.05, 0.1) is 18.4 Å². The molecule has 0 unspecified atom stereocenters. The van der Waals surface area contributed by atoms with E-state index in [1.54, 1.807) is 12.1 Å². The van der Waals surface area contributed by atoms with E-state index in [0.29, 0.717) is 11.4 Å². The summed E-state index contributed by atoms with van der Waals surface area (Å²) in [6.45, 7) is 0.221. The van der Waals surface area contributed by atoms with Gasteiger partial charge in [0.25, 0.3) is 11.5 Å². The van der Waals surface area contributed by atoms with Gasteiger partial charge in [-0.3, -0.25) is 19.4 Å². The van der Waals surface area contributed by atoms with Crippen molar-refractivity contribution in [3.63, 3.8) is 0 Å². The molecule has 0 fully saturated rings. The zero-order valence-electron chi connectivity index (χ0n) is 17.4. The lowest BCUT2D eigenvalue weighted by atomic mass is 10.1. The van der Waals surface area contributed by atoms with Crippen molar-refractivity contribution in [3.05, 3.63) is 62.5 Å². The van der Waals surface area contributed by atoms with Crippen molar-refractivity contribution < 1.29 is 19.5 Å². The van der Waals surface area contributed by atoms with E-state index in [9.17, 15) is 24.3 Å². The first-order valence-corrected chi connectivity index (χ1v) is 9.73. The smallest absolute Gasteiger partial charge is 0.326 e. The molecule has 3 aromatic rings. The summed E-state index contributed by atoms with van der Waals surface area (Å²) in [5, 5.41) is 17.5. The topological polar surface area (TPSA) is 242 Å². The lowest BCUT2D eigenvalue weighted by molar-refractivity contribution is -0.139. The number of anilines is 2. The summed E-state index contributed by atoms with van der Waals surface area (Å²) in [6.07, 6.45) is 0.898. The van der Waals surface area contributed by atoms with Crippen LogP contribution in [0.4, 0.5) is 11.6 Å². The number of aliphatic carboxylic acids is 1. The lowest BCUT2D eigenvalue weighted by Crippen LogP contribution is -2.41. The minimum Gasteiger partial charge on any atom is -0.480 e. The highest BCUT2D eigenvalue weighted by atomic mass is 16.4. The minimum atomic E-state index is -1.33. The van der Waals surface area contributed by atoms with Crippen LogP contribution in [0.15, 0.2) is 40.4 Å². The van der Waals surface area contributed by atoms with E-state index in [-0.39, 0.29) is 42.1 Å². The first-order valence-electron chi connectivity index (χ1n) is 9.73. The largest absolute Gasteiger partial charge is 0.480 e. The quantitative estimate of drug-likeness (QED) is 0.168. The molecule has 0 bridgehead atoms. The van der Waals surface area contributed by atoms with Crippen LogP contribution < -0.4 is 21.9 Å². The van der Waals surface area contributed by atoms with E-state index >= 15 is 0 Å². The van der Waals surface area contributed by atoms with Gasteiger partial charge in [0.15, 0.2) is 11.2 Å². The van der Waals surface area contributed by atoms with Gasteiger partial charge in [-0.05, 0) is 41.3 Å². The number of aromatic nitrogens is 4. The molecule has 2 aromatic heterocycles. The van der Waals surface area contributed by atoms with Crippen LogP contribution >= 0.6 is 0 Å². The third-order valence-corrected chi connectivity index (χ3v) is 4.51. The molecule has 0 aliphatic heterocycles. The molecule has 1 aromatic carbocycles. The Morgan fingerprint density at radius 1 is 1.24 bits per heavy atom. The van der Waals surface area contributed by atoms with Crippen molar-refractivity contribution in [2.45, 2.75) is 25.4 Å². The number of nitrogens with one attached hydrogen (secondary N) is 3. The Morgan fingerprint density at radius 2 is 1.97 bits per heavy atom. The van der Waals surface area contributed by atoms with Crippen LogP contribution in [-0.2, 0) is 16.1 Å². The average molecular weight is 466 g/mol. The number of nitrogen functional groups attached to an aromatic ring is 1. The number of carbonyl (C=O) groups is 3. The number of carboxylic acid groups (broad SMARTS) is 1. The number of carbonyl (C=O) groups excluding carboxylic acids is 2. The molecule has 0 saturated heterocycles. The molecule has 6 N–H and O–H groups in total. The Hall–Kier alpha value is -5.04. The van der Waals surface area contributed by atoms with Gasteiger partial charge >= 0.3 is 5.97 Å². The third kappa shape index (κ3) is 6.02. The van der Waals surface area contributed by atoms with Crippen molar-refractivity contribution >= 4 is 40.6 Å². The molecular weight excluding hydrogens is 448 g/mol. The van der Waals surface area contributed by atoms with E-state index in [4.69, 9.17) is 11.3 Å². The van der Waals surface area contributed by atoms with Crippen molar-refractivity contribution in [2.75, 3.05) is 11.1 Å². The van der Waals surface area contributed by atoms with Crippen LogP contribution in [0.3, 0.4) is 0 Å². The standard InChI is InChI=1S/C19H18N10O5/c20-19-26-15-14(17(32)27-19)24-11(8-23-15)7-22-10-3-1-9(2-4-10)16(31)25-12(18(33)34)5-6-13(30)28-29-21/h1-4,8,12,22H,5-7H2,(H,25,31)(H,33,34)(H3,20,23,26,27,32)/t12-/m0/s1. The van der Waals surface area contributed by atoms with E-state index in [1.807, 2.05) is 0 Å². The Bertz CT molecular complexity index is 1350. The number of hydrogen-bond donors (Lipinski definition) is 5. The zero-order valence-corrected chi connectivity index (χ0v) is 17.4. The van der Waals surface area contributed by atoms with E-state index in [0.717, 1.165) is 0 Å². The van der Waals surface area contributed by atoms with E-state index < -0.39 is 29.4 Å². The second kappa shape index (κ2) is 10.5. The van der Waals surface area contributed by atoms with Crippen LogP contribution in [0.5, 0.6) is 0 Å². The number of aromatic amines is 1. The van der Waals surface area contributed by atoms with Crippen LogP contribution in [-0.4, -0.2) is 48.9 Å². The first-order chi connectivity index (χ1) is 16.3. The molecule has 3 rings (SSSR count). The fourth-order valence-electron chi connectivity index (χ4n) is 2.85. The number of H-pyrrole nitrogens is 1. The molecule has 1 atom stereocenters. The number of fused-ring (bicyclic) bond motifs is 1. The van der Waals surface area contributed by atoms with Crippen molar-refractivity contribution in [1.82, 2.24) is 25.3 Å². The summed E-state index contributed by atoms with van der Waals surface area (Å²) in [7, 11) is 0. The molecule has 34 heavy (non-hydrogen) atoms. The number of hydrogen-bond acceptors (Lipinski definition) is 9. The summed E-state index contributed by atoms with van der Waals surface area (Å²) in [6, 6.07) is 4.82. The molecule has 0 saturated carbocycles. The van der Waals surface area contributed by atoms with Gasteiger partial charge < -0.3 is 21.5 Å². The molecule has 15 nitrogen and oxygen atoms in total. The van der Waals surface area contributed by atoms with Gasteiger partial charge in [0.2, 0.25) is 11.9 Å². The summed E-state index contributed by atoms with van der Waals surface area (Å²) >= 11 is 0. The van der Waals surface area contributed by atoms with Crippen LogP contribution in [0.1, 0.15) is 28.9 Å². The van der Waals surface area contributed by atoms with Gasteiger partial charge in [-0.2, -0.15) is 4.98 Å². The molecule has 0 spiro atoms. The summed E-state index contributed by atoms with van der Waals surface area (Å²) in [5.41, 5.74) is 14.6. The second-order valence-electron chi connectivity index (χ2n) is 6.90. The summed E-state index contributed by atoms with van der Waals surface area (Å²) < 4.78 is 0. The monoisotopic (exact) mass is 466 g/mol. The van der Waals surface area contributed by atoms with Crippen molar-refractivity contribution in [3.8, 4) is 0 Å². The minimum absolute atomic E-state index is 0.0506. The average Bonchev–Trinajstić information content (AvgIpc) is 2.80. The van der Waals surface area contributed by atoms with Crippen LogP contribution in [0, 0.1) is 0 Å². The van der Waals surface area contributed by atoms with Gasteiger partial charge in [-0.1, -0.05) is 0 Å². The highest BCUT2D eigenvalue weighted by Crippen LogP contribution is 2.12. The Labute approximate surface area is 190 Å². The van der Waals surface area contributed by atoms with Crippen LogP contribution in [0.25, 0.3) is 21.6 Å². The maximum atomic E-state index is 12.4. The van der Waals surface area contributed by atoms with E-state index in [2.05, 4.69) is 40.6 Å². The normalized spacial score (nSPS) is 11.3. The molecule has 2 amide bonds. The second-order valence-corrected chi connectivity index (χ2v) is 6.90. The Balaban J connectivity index is 1.60. The maximum absolute atomic E-state index is 12.4. The highest BCUT2D eigenvalue weighted by Gasteiger charge is 2.21. The number of rotatable bonds is 9. The van der Waals surface area contributed by atoms with Gasteiger partial charge in [-0.15, -0.1) is 0 Å². The summed E-state index contributed by atoms with van der Waals surface area (Å²) in [5.74, 6) is -2.85. The molecular formula is C19H18N10O5. The molecule has 174 valence electrons. The molecule has 0 radical (unpaired) electrons. The molecule has 0 aliphatic carbocycles. The number of amides is 2. The SMILES string of the molecule is [N-]=[N+]=NC(=O)CC[C@H](NC(=O)c1ccc(NCc2cnc3nc(N)[nH]c(=O)c3n2)cc1)C(=O)O. The van der Waals surface area contributed by atoms with Crippen molar-refractivity contribution in [2.24, 2.45) is 5.11 Å². The predicted octanol–water partition coefficient (Wildman–Crippen LogP) is 0.707. The number of nitrogens with two attached hydrogens (primary N) is 1. The number of benzene rings is 1. The molecule has 0 aliphatic rings. The number of carboxylic acids is 1. The summed E-state index contributed by atoms with van der Waals surface area (Å²) in [4.78, 5) is 63.8. The fraction of sp³-hybridized carbons (Fsp3) is 0.211. The first kappa shape index (κ1) is 23.6. The maximum Gasteiger partial charge on any atom is 0.326 e. The molecule has 2 heterocycles. The van der Waals surface area contributed by atoms with E-state index in [1.165, 1.54) is 18.3 Å². The fourth-order valence-corrected chi connectivity index (χ4v) is 2.85. The Morgan fingerprint density at radius 3 is 2.65 bits per heavy atom. The zero-order chi connectivity index (χ0) is 24.7. The van der Waals surface area contributed by atoms with Crippen molar-refractivity contribution in [1.29, 1.82) is 0 Å². The predicted molar refractivity (Wildman–Crippen MR) is 118 cm³/mol. The number of nitrogens with zero attached hydrogens (tertiary/aromatic N) is 6. The molecule has 15 heteroatoms. The van der Waals surface area contributed by atoms with Gasteiger partial charge in [0, 0.05) is 22.6 Å². The highest BCUT2D eigenvalue weighted by molar-refractivity contribution is 5.97. The third-order valence-electron chi connectivity index (χ3n) is 4.51. The van der Waals surface area contributed by atoms with Crippen LogP contribution in [0.2, 0.25) is 0 Å². The Kier molecular flexibility index (Phi) is 7.31. The lowest BCUT2D eigenvalue weighted by Gasteiger charge is -2.14. The number of azide groups is 1.